The summed E-state index contributed by atoms with van der Waals surface area (Å²) in [6.45, 7) is 4.38. The maximum atomic E-state index is 4.19. The van der Waals surface area contributed by atoms with Crippen LogP contribution in [0, 0.1) is 0 Å². The zero-order chi connectivity index (χ0) is 9.68. The van der Waals surface area contributed by atoms with E-state index in [1.165, 1.54) is 0 Å². The Labute approximate surface area is 83.4 Å². The first kappa shape index (κ1) is 10.3. The van der Waals surface area contributed by atoms with Crippen LogP contribution in [0.2, 0.25) is 0 Å². The molecule has 1 N–H and O–H groups in total. The number of thioether (sulfide) groups is 1. The van der Waals surface area contributed by atoms with Gasteiger partial charge < -0.3 is 5.32 Å². The zero-order valence-electron chi connectivity index (χ0n) is 8.24. The minimum Gasteiger partial charge on any atom is -0.373 e. The minimum atomic E-state index is 0.611. The fraction of sp³-hybridized carbons (Fsp3) is 0.556. The summed E-state index contributed by atoms with van der Waals surface area (Å²) >= 11 is 1.78. The first-order chi connectivity index (χ1) is 6.26. The van der Waals surface area contributed by atoms with Crippen LogP contribution in [0.25, 0.3) is 0 Å². The van der Waals surface area contributed by atoms with Crippen LogP contribution < -0.4 is 5.32 Å². The number of hydrogen-bond donors (Lipinski definition) is 1. The molecule has 0 amide bonds. The second-order valence-corrected chi connectivity index (χ2v) is 4.29. The molecule has 72 valence electrons. The quantitative estimate of drug-likeness (QED) is 0.594. The molecular formula is C9H15N3S. The second kappa shape index (κ2) is 5.07. The highest BCUT2D eigenvalue weighted by atomic mass is 32.2. The molecule has 1 atom stereocenters. The van der Waals surface area contributed by atoms with E-state index >= 15 is 0 Å². The highest BCUT2D eigenvalue weighted by molar-refractivity contribution is 7.99. The number of hydrogen-bond acceptors (Lipinski definition) is 4. The molecular weight excluding hydrogens is 182 g/mol. The molecule has 0 saturated heterocycles. The van der Waals surface area contributed by atoms with Gasteiger partial charge >= 0.3 is 0 Å². The van der Waals surface area contributed by atoms with Crippen molar-refractivity contribution >= 4 is 17.6 Å². The van der Waals surface area contributed by atoms with Gasteiger partial charge in [0.05, 0.1) is 0 Å². The van der Waals surface area contributed by atoms with Crippen molar-refractivity contribution in [2.24, 2.45) is 0 Å². The Morgan fingerprint density at radius 3 is 2.92 bits per heavy atom. The molecule has 0 bridgehead atoms. The van der Waals surface area contributed by atoms with Crippen LogP contribution >= 0.6 is 11.8 Å². The molecule has 1 heterocycles. The topological polar surface area (TPSA) is 37.8 Å². The highest BCUT2D eigenvalue weighted by Gasteiger charge is 2.03. The molecule has 0 aliphatic carbocycles. The Morgan fingerprint density at radius 2 is 2.31 bits per heavy atom. The van der Waals surface area contributed by atoms with Gasteiger partial charge in [-0.05, 0) is 6.42 Å². The number of anilines is 1. The minimum absolute atomic E-state index is 0.611. The van der Waals surface area contributed by atoms with Gasteiger partial charge in [0, 0.05) is 18.4 Å². The fourth-order valence-corrected chi connectivity index (χ4v) is 1.70. The van der Waals surface area contributed by atoms with Crippen LogP contribution in [0.5, 0.6) is 0 Å². The van der Waals surface area contributed by atoms with E-state index in [0.717, 1.165) is 17.3 Å². The summed E-state index contributed by atoms with van der Waals surface area (Å²) in [6.07, 6.45) is 2.75. The SMILES string of the molecule is CCC(C)Sc1cc(NC)ncn1. The highest BCUT2D eigenvalue weighted by Crippen LogP contribution is 2.23. The van der Waals surface area contributed by atoms with Crippen molar-refractivity contribution in [3.05, 3.63) is 12.4 Å². The standard InChI is InChI=1S/C9H15N3S/c1-4-7(2)13-9-5-8(10-3)11-6-12-9/h5-7H,4H2,1-3H3,(H,10,11,12). The normalized spacial score (nSPS) is 12.5. The lowest BCUT2D eigenvalue weighted by molar-refractivity contribution is 0.899. The molecule has 1 aromatic heterocycles. The van der Waals surface area contributed by atoms with Crippen molar-refractivity contribution in [1.82, 2.24) is 9.97 Å². The van der Waals surface area contributed by atoms with Gasteiger partial charge in [-0.2, -0.15) is 0 Å². The lowest BCUT2D eigenvalue weighted by atomic mass is 10.4. The zero-order valence-corrected chi connectivity index (χ0v) is 9.06. The first-order valence-corrected chi connectivity index (χ1v) is 5.30. The Bertz CT molecular complexity index is 265. The summed E-state index contributed by atoms with van der Waals surface area (Å²) in [6, 6.07) is 1.97. The van der Waals surface area contributed by atoms with Crippen molar-refractivity contribution in [2.75, 3.05) is 12.4 Å². The van der Waals surface area contributed by atoms with Crippen molar-refractivity contribution in [3.8, 4) is 0 Å². The van der Waals surface area contributed by atoms with Gasteiger partial charge in [-0.3, -0.25) is 0 Å². The predicted octanol–water partition coefficient (Wildman–Crippen LogP) is 2.41. The third-order valence-corrected chi connectivity index (χ3v) is 3.00. The maximum absolute atomic E-state index is 4.19. The molecule has 0 saturated carbocycles. The molecule has 4 heteroatoms. The van der Waals surface area contributed by atoms with Crippen LogP contribution in [-0.4, -0.2) is 22.3 Å². The summed E-state index contributed by atoms with van der Waals surface area (Å²) in [5.74, 6) is 0.876. The van der Waals surface area contributed by atoms with Gasteiger partial charge in [0.2, 0.25) is 0 Å². The van der Waals surface area contributed by atoms with E-state index < -0.39 is 0 Å². The lowest BCUT2D eigenvalue weighted by Gasteiger charge is -2.07. The summed E-state index contributed by atoms with van der Waals surface area (Å²) in [7, 11) is 1.86. The molecule has 0 radical (unpaired) electrons. The summed E-state index contributed by atoms with van der Waals surface area (Å²) < 4.78 is 0. The Balaban J connectivity index is 2.66. The Morgan fingerprint density at radius 1 is 1.54 bits per heavy atom. The largest absolute Gasteiger partial charge is 0.373 e. The smallest absolute Gasteiger partial charge is 0.130 e. The van der Waals surface area contributed by atoms with E-state index in [9.17, 15) is 0 Å². The molecule has 1 unspecified atom stereocenters. The first-order valence-electron chi connectivity index (χ1n) is 4.42. The summed E-state index contributed by atoms with van der Waals surface area (Å²) in [4.78, 5) is 8.24. The predicted molar refractivity (Wildman–Crippen MR) is 57.2 cm³/mol. The number of aromatic nitrogens is 2. The van der Waals surface area contributed by atoms with E-state index in [2.05, 4.69) is 29.1 Å². The maximum Gasteiger partial charge on any atom is 0.130 e. The van der Waals surface area contributed by atoms with E-state index in [1.54, 1.807) is 18.1 Å². The van der Waals surface area contributed by atoms with Gasteiger partial charge in [-0.1, -0.05) is 13.8 Å². The molecule has 0 spiro atoms. The van der Waals surface area contributed by atoms with Crippen molar-refractivity contribution in [1.29, 1.82) is 0 Å². The van der Waals surface area contributed by atoms with Crippen LogP contribution in [0.1, 0.15) is 20.3 Å². The molecule has 13 heavy (non-hydrogen) atoms. The second-order valence-electron chi connectivity index (χ2n) is 2.83. The number of nitrogens with one attached hydrogen (secondary N) is 1. The van der Waals surface area contributed by atoms with E-state index in [-0.39, 0.29) is 0 Å². The molecule has 1 rings (SSSR count). The van der Waals surface area contributed by atoms with Gasteiger partial charge in [0.1, 0.15) is 17.2 Å². The fourth-order valence-electron chi connectivity index (χ4n) is 0.830. The van der Waals surface area contributed by atoms with Crippen LogP contribution in [0.15, 0.2) is 17.4 Å². The van der Waals surface area contributed by atoms with Crippen LogP contribution in [-0.2, 0) is 0 Å². The molecule has 1 aromatic rings. The van der Waals surface area contributed by atoms with Crippen molar-refractivity contribution < 1.29 is 0 Å². The van der Waals surface area contributed by atoms with Crippen LogP contribution in [0.3, 0.4) is 0 Å². The lowest BCUT2D eigenvalue weighted by Crippen LogP contribution is -1.97. The van der Waals surface area contributed by atoms with Crippen molar-refractivity contribution in [3.63, 3.8) is 0 Å². The monoisotopic (exact) mass is 197 g/mol. The third kappa shape index (κ3) is 3.22. The Kier molecular flexibility index (Phi) is 4.02. The molecule has 0 aliphatic rings. The van der Waals surface area contributed by atoms with Gasteiger partial charge in [0.15, 0.2) is 0 Å². The van der Waals surface area contributed by atoms with Gasteiger partial charge in [0.25, 0.3) is 0 Å². The van der Waals surface area contributed by atoms with E-state index in [1.807, 2.05) is 13.1 Å². The molecule has 0 fully saturated rings. The summed E-state index contributed by atoms with van der Waals surface area (Å²) in [5, 5.41) is 4.64. The molecule has 3 nitrogen and oxygen atoms in total. The van der Waals surface area contributed by atoms with Crippen molar-refractivity contribution in [2.45, 2.75) is 30.5 Å². The van der Waals surface area contributed by atoms with E-state index in [0.29, 0.717) is 5.25 Å². The molecule has 0 aliphatic heterocycles. The third-order valence-electron chi connectivity index (χ3n) is 1.79. The van der Waals surface area contributed by atoms with E-state index in [4.69, 9.17) is 0 Å². The van der Waals surface area contributed by atoms with Gasteiger partial charge in [-0.15, -0.1) is 11.8 Å². The van der Waals surface area contributed by atoms with Crippen LogP contribution in [0.4, 0.5) is 5.82 Å². The Hall–Kier alpha value is -0.770. The average molecular weight is 197 g/mol. The van der Waals surface area contributed by atoms with Gasteiger partial charge in [-0.25, -0.2) is 9.97 Å². The molecule has 0 aromatic carbocycles. The summed E-state index contributed by atoms with van der Waals surface area (Å²) in [5.41, 5.74) is 0. The average Bonchev–Trinajstić information content (AvgIpc) is 2.18. The number of rotatable bonds is 4. The number of nitrogens with zero attached hydrogens (tertiary/aromatic N) is 2.